The molecule has 0 radical (unpaired) electrons. The molecule has 0 atom stereocenters. The van der Waals surface area contributed by atoms with Gasteiger partial charge in [0.15, 0.2) is 11.8 Å². The first kappa shape index (κ1) is 18.8. The minimum absolute atomic E-state index is 0.222. The van der Waals surface area contributed by atoms with Gasteiger partial charge in [0.25, 0.3) is 0 Å². The number of anilines is 1. The molecule has 1 fully saturated rings. The number of allylic oxidation sites excluding steroid dienone is 3. The van der Waals surface area contributed by atoms with Gasteiger partial charge in [-0.1, -0.05) is 23.8 Å². The van der Waals surface area contributed by atoms with E-state index in [0.29, 0.717) is 11.6 Å². The molecule has 144 valence electrons. The van der Waals surface area contributed by atoms with Crippen molar-refractivity contribution in [3.8, 4) is 0 Å². The van der Waals surface area contributed by atoms with Crippen molar-refractivity contribution in [3.05, 3.63) is 53.0 Å². The van der Waals surface area contributed by atoms with Gasteiger partial charge in [0.2, 0.25) is 0 Å². The number of guanidine groups is 1. The maximum atomic E-state index is 14.7. The van der Waals surface area contributed by atoms with Gasteiger partial charge in [-0.3, -0.25) is 10.7 Å². The predicted octanol–water partition coefficient (Wildman–Crippen LogP) is 2.21. The van der Waals surface area contributed by atoms with Crippen LogP contribution in [-0.2, 0) is 11.3 Å². The third-order valence-electron chi connectivity index (χ3n) is 4.67. The highest BCUT2D eigenvalue weighted by Crippen LogP contribution is 2.32. The number of amides is 1. The van der Waals surface area contributed by atoms with E-state index in [1.165, 1.54) is 11.3 Å². The minimum atomic E-state index is -0.880. The van der Waals surface area contributed by atoms with E-state index in [-0.39, 0.29) is 18.0 Å². The molecule has 27 heavy (non-hydrogen) atoms. The highest BCUT2D eigenvalue weighted by atomic mass is 19.1. The molecular formula is C19H24FN5O2. The summed E-state index contributed by atoms with van der Waals surface area (Å²) in [5.74, 6) is -0.399. The number of halogens is 1. The molecule has 0 spiro atoms. The third kappa shape index (κ3) is 4.78. The highest BCUT2D eigenvalue weighted by molar-refractivity contribution is 5.90. The largest absolute Gasteiger partial charge is 0.444 e. The number of hydrogen-bond donors (Lipinski definition) is 4. The van der Waals surface area contributed by atoms with Crippen molar-refractivity contribution in [2.75, 3.05) is 24.5 Å². The quantitative estimate of drug-likeness (QED) is 0.468. The van der Waals surface area contributed by atoms with Gasteiger partial charge < -0.3 is 20.7 Å². The molecule has 2 aliphatic rings. The summed E-state index contributed by atoms with van der Waals surface area (Å²) in [6.07, 6.45) is 4.37. The maximum Gasteiger partial charge on any atom is 0.414 e. The Morgan fingerprint density at radius 2 is 2.22 bits per heavy atom. The summed E-state index contributed by atoms with van der Waals surface area (Å²) in [5, 5.41) is 12.3. The van der Waals surface area contributed by atoms with E-state index in [1.54, 1.807) is 18.2 Å². The number of benzene rings is 1. The van der Waals surface area contributed by atoms with Crippen LogP contribution in [0.1, 0.15) is 18.9 Å². The molecule has 0 bridgehead atoms. The lowest BCUT2D eigenvalue weighted by Gasteiger charge is -2.42. The first-order chi connectivity index (χ1) is 12.9. The number of hydrogen-bond acceptors (Lipinski definition) is 5. The van der Waals surface area contributed by atoms with Crippen LogP contribution in [0.5, 0.6) is 0 Å². The number of dihydropyridines is 1. The van der Waals surface area contributed by atoms with Crippen LogP contribution in [0.15, 0.2) is 41.6 Å². The van der Waals surface area contributed by atoms with Crippen molar-refractivity contribution in [2.45, 2.75) is 20.0 Å². The smallest absolute Gasteiger partial charge is 0.414 e. The van der Waals surface area contributed by atoms with Crippen molar-refractivity contribution in [1.82, 2.24) is 10.6 Å². The predicted molar refractivity (Wildman–Crippen MR) is 102 cm³/mol. The maximum absolute atomic E-state index is 14.7. The fourth-order valence-electron chi connectivity index (χ4n) is 3.23. The SMILES string of the molecule is CC1=CC=C(CC2CN(c3cccc(COC(=O)NC(=N)N)c3F)C2)CN1. The lowest BCUT2D eigenvalue weighted by atomic mass is 9.90. The van der Waals surface area contributed by atoms with E-state index >= 15 is 0 Å². The van der Waals surface area contributed by atoms with Crippen LogP contribution in [0.25, 0.3) is 0 Å². The monoisotopic (exact) mass is 373 g/mol. The number of rotatable bonds is 5. The summed E-state index contributed by atoms with van der Waals surface area (Å²) in [4.78, 5) is 13.4. The van der Waals surface area contributed by atoms with Crippen molar-refractivity contribution in [3.63, 3.8) is 0 Å². The fraction of sp³-hybridized carbons (Fsp3) is 0.368. The number of nitrogens with one attached hydrogen (secondary N) is 3. The average molecular weight is 373 g/mol. The van der Waals surface area contributed by atoms with E-state index < -0.39 is 12.1 Å². The zero-order valence-electron chi connectivity index (χ0n) is 15.2. The van der Waals surface area contributed by atoms with Crippen molar-refractivity contribution < 1.29 is 13.9 Å². The minimum Gasteiger partial charge on any atom is -0.444 e. The topological polar surface area (TPSA) is 103 Å². The fourth-order valence-corrected chi connectivity index (χ4v) is 3.23. The molecule has 0 aromatic heterocycles. The van der Waals surface area contributed by atoms with E-state index in [4.69, 9.17) is 15.9 Å². The first-order valence-corrected chi connectivity index (χ1v) is 8.82. The number of nitrogens with two attached hydrogens (primary N) is 1. The molecule has 0 saturated carbocycles. The Morgan fingerprint density at radius 1 is 1.44 bits per heavy atom. The van der Waals surface area contributed by atoms with Crippen LogP contribution in [-0.4, -0.2) is 31.7 Å². The van der Waals surface area contributed by atoms with Gasteiger partial charge in [0, 0.05) is 30.9 Å². The number of carbonyl (C=O) groups excluding carboxylic acids is 1. The Hall–Kier alpha value is -3.03. The average Bonchev–Trinajstić information content (AvgIpc) is 2.58. The van der Waals surface area contributed by atoms with E-state index in [1.807, 2.05) is 17.1 Å². The molecule has 2 aliphatic heterocycles. The summed E-state index contributed by atoms with van der Waals surface area (Å²) < 4.78 is 19.6. The number of alkyl carbamates (subject to hydrolysis) is 1. The van der Waals surface area contributed by atoms with E-state index in [9.17, 15) is 9.18 Å². The van der Waals surface area contributed by atoms with Crippen LogP contribution in [0.2, 0.25) is 0 Å². The van der Waals surface area contributed by atoms with Gasteiger partial charge in [0.1, 0.15) is 6.61 Å². The zero-order chi connectivity index (χ0) is 19.4. The van der Waals surface area contributed by atoms with Gasteiger partial charge in [-0.05, 0) is 31.4 Å². The molecule has 7 nitrogen and oxygen atoms in total. The molecule has 0 unspecified atom stereocenters. The third-order valence-corrected chi connectivity index (χ3v) is 4.67. The summed E-state index contributed by atoms with van der Waals surface area (Å²) in [5.41, 5.74) is 8.39. The number of ether oxygens (including phenoxy) is 1. The second-order valence-corrected chi connectivity index (χ2v) is 6.87. The molecule has 1 saturated heterocycles. The van der Waals surface area contributed by atoms with Crippen LogP contribution in [0.4, 0.5) is 14.9 Å². The van der Waals surface area contributed by atoms with Gasteiger partial charge in [0.05, 0.1) is 5.69 Å². The second kappa shape index (κ2) is 8.11. The van der Waals surface area contributed by atoms with Crippen LogP contribution in [0, 0.1) is 17.1 Å². The Labute approximate surface area is 157 Å². The second-order valence-electron chi connectivity index (χ2n) is 6.87. The lowest BCUT2D eigenvalue weighted by molar-refractivity contribution is 0.143. The first-order valence-electron chi connectivity index (χ1n) is 8.82. The van der Waals surface area contributed by atoms with Gasteiger partial charge in [-0.15, -0.1) is 0 Å². The molecule has 0 aliphatic carbocycles. The zero-order valence-corrected chi connectivity index (χ0v) is 15.2. The summed E-state index contributed by atoms with van der Waals surface area (Å²) in [6.45, 7) is 4.29. The molecule has 2 heterocycles. The molecule has 5 N–H and O–H groups in total. The molecular weight excluding hydrogens is 349 g/mol. The van der Waals surface area contributed by atoms with Crippen molar-refractivity contribution >= 4 is 17.7 Å². The van der Waals surface area contributed by atoms with Gasteiger partial charge >= 0.3 is 6.09 Å². The standard InChI is InChI=1S/C19H24FN5O2/c1-12-5-6-13(8-23-12)7-14-9-25(10-14)16-4-2-3-15(17(16)20)11-27-19(26)24-18(21)22/h2-6,14,23H,7-11H2,1H3,(H4,21,22,24,26). The van der Waals surface area contributed by atoms with E-state index in [2.05, 4.69) is 17.5 Å². The summed E-state index contributed by atoms with van der Waals surface area (Å²) >= 11 is 0. The van der Waals surface area contributed by atoms with Crippen LogP contribution in [0.3, 0.4) is 0 Å². The summed E-state index contributed by atoms with van der Waals surface area (Å²) in [7, 11) is 0. The molecule has 1 aromatic rings. The van der Waals surface area contributed by atoms with Crippen LogP contribution < -0.4 is 21.3 Å². The van der Waals surface area contributed by atoms with Gasteiger partial charge in [-0.2, -0.15) is 0 Å². The Bertz CT molecular complexity index is 799. The highest BCUT2D eigenvalue weighted by Gasteiger charge is 2.30. The molecule has 1 amide bonds. The molecule has 8 heteroatoms. The number of carbonyl (C=O) groups is 1. The Kier molecular flexibility index (Phi) is 5.63. The van der Waals surface area contributed by atoms with Crippen molar-refractivity contribution in [1.29, 1.82) is 5.41 Å². The Morgan fingerprint density at radius 3 is 2.89 bits per heavy atom. The normalized spacial score (nSPS) is 16.6. The lowest BCUT2D eigenvalue weighted by Crippen LogP contribution is -2.47. The van der Waals surface area contributed by atoms with Gasteiger partial charge in [-0.25, -0.2) is 9.18 Å². The number of nitrogens with zero attached hydrogens (tertiary/aromatic N) is 1. The molecule has 1 aromatic carbocycles. The van der Waals surface area contributed by atoms with Crippen LogP contribution >= 0.6 is 0 Å². The molecule has 3 rings (SSSR count). The van der Waals surface area contributed by atoms with Crippen molar-refractivity contribution in [2.24, 2.45) is 11.7 Å². The van der Waals surface area contributed by atoms with E-state index in [0.717, 1.165) is 26.1 Å². The Balaban J connectivity index is 1.54. The summed E-state index contributed by atoms with van der Waals surface area (Å²) in [6, 6.07) is 5.05.